The van der Waals surface area contributed by atoms with Gasteiger partial charge < -0.3 is 15.0 Å². The Hall–Kier alpha value is -2.00. The van der Waals surface area contributed by atoms with Gasteiger partial charge in [0, 0.05) is 30.2 Å². The highest BCUT2D eigenvalue weighted by atomic mass is 35.5. The van der Waals surface area contributed by atoms with Crippen LogP contribution in [0.15, 0.2) is 30.5 Å². The summed E-state index contributed by atoms with van der Waals surface area (Å²) in [5.41, 5.74) is 0.354. The minimum absolute atomic E-state index is 0.00456. The monoisotopic (exact) mass is 393 g/mol. The molecule has 2 heterocycles. The van der Waals surface area contributed by atoms with Crippen LogP contribution in [-0.4, -0.2) is 35.7 Å². The molecule has 2 aromatic rings. The number of aromatic nitrogens is 1. The lowest BCUT2D eigenvalue weighted by Gasteiger charge is -2.18. The second-order valence-electron chi connectivity index (χ2n) is 5.09. The molecule has 5 nitrogen and oxygen atoms in total. The summed E-state index contributed by atoms with van der Waals surface area (Å²) in [6.07, 6.45) is -3.13. The van der Waals surface area contributed by atoms with Gasteiger partial charge >= 0.3 is 12.2 Å². The molecular weight excluding hydrogens is 379 g/mol. The van der Waals surface area contributed by atoms with Crippen molar-refractivity contribution < 1.29 is 22.7 Å². The Morgan fingerprint density at radius 1 is 1.40 bits per heavy atom. The van der Waals surface area contributed by atoms with Crippen LogP contribution >= 0.6 is 22.9 Å². The van der Waals surface area contributed by atoms with Crippen LogP contribution in [0.1, 0.15) is 10.4 Å². The summed E-state index contributed by atoms with van der Waals surface area (Å²) in [6.45, 7) is -1.08. The smallest absolute Gasteiger partial charge is 0.422 e. The van der Waals surface area contributed by atoms with E-state index in [0.29, 0.717) is 16.4 Å². The summed E-state index contributed by atoms with van der Waals surface area (Å²) in [7, 11) is 1.60. The lowest BCUT2D eigenvalue weighted by molar-refractivity contribution is -0.154. The van der Waals surface area contributed by atoms with Crippen molar-refractivity contribution in [3.8, 4) is 5.88 Å². The molecule has 0 spiro atoms. The van der Waals surface area contributed by atoms with Crippen LogP contribution < -0.4 is 10.1 Å². The van der Waals surface area contributed by atoms with E-state index in [2.05, 4.69) is 15.0 Å². The van der Waals surface area contributed by atoms with Gasteiger partial charge in [0.05, 0.1) is 10.9 Å². The molecule has 0 saturated heterocycles. The van der Waals surface area contributed by atoms with Crippen LogP contribution in [0.5, 0.6) is 5.88 Å². The molecule has 2 amide bonds. The quantitative estimate of drug-likeness (QED) is 0.804. The van der Waals surface area contributed by atoms with Gasteiger partial charge in [0.25, 0.3) is 0 Å². The third-order valence-corrected chi connectivity index (χ3v) is 4.24. The maximum Gasteiger partial charge on any atom is 0.422 e. The molecule has 136 valence electrons. The van der Waals surface area contributed by atoms with E-state index in [1.54, 1.807) is 19.2 Å². The highest BCUT2D eigenvalue weighted by Gasteiger charge is 2.29. The zero-order chi connectivity index (χ0) is 18.4. The lowest BCUT2D eigenvalue weighted by Crippen LogP contribution is -2.36. The minimum Gasteiger partial charge on any atom is -0.468 e. The number of urea groups is 1. The normalized spacial score (nSPS) is 11.2. The number of alkyl halides is 3. The average Bonchev–Trinajstić information content (AvgIpc) is 2.95. The zero-order valence-corrected chi connectivity index (χ0v) is 14.7. The van der Waals surface area contributed by atoms with E-state index in [0.717, 1.165) is 4.88 Å². The summed E-state index contributed by atoms with van der Waals surface area (Å²) in [6, 6.07) is 6.28. The van der Waals surface area contributed by atoms with Crippen molar-refractivity contribution in [3.05, 3.63) is 45.2 Å². The number of nitrogens with zero attached hydrogens (tertiary/aromatic N) is 2. The van der Waals surface area contributed by atoms with Crippen LogP contribution in [0.3, 0.4) is 0 Å². The largest absolute Gasteiger partial charge is 0.468 e. The van der Waals surface area contributed by atoms with Gasteiger partial charge in [-0.25, -0.2) is 9.78 Å². The molecule has 0 atom stereocenters. The molecule has 0 aromatic carbocycles. The summed E-state index contributed by atoms with van der Waals surface area (Å²) in [4.78, 5) is 18.2. The second-order valence-corrected chi connectivity index (χ2v) is 6.89. The number of nitrogens with one attached hydrogen (secondary N) is 1. The second kappa shape index (κ2) is 8.39. The Kier molecular flexibility index (Phi) is 6.49. The third kappa shape index (κ3) is 6.43. The first-order valence-electron chi connectivity index (χ1n) is 7.11. The van der Waals surface area contributed by atoms with Crippen LogP contribution in [0.2, 0.25) is 4.34 Å². The molecule has 2 aromatic heterocycles. The number of thiophene rings is 1. The Morgan fingerprint density at radius 2 is 2.16 bits per heavy atom. The summed E-state index contributed by atoms with van der Waals surface area (Å²) < 4.78 is 42.1. The van der Waals surface area contributed by atoms with Crippen LogP contribution in [0, 0.1) is 0 Å². The Bertz CT molecular complexity index is 724. The first-order chi connectivity index (χ1) is 11.7. The van der Waals surface area contributed by atoms with Crippen LogP contribution in [0.4, 0.5) is 18.0 Å². The van der Waals surface area contributed by atoms with Gasteiger partial charge in [-0.1, -0.05) is 17.7 Å². The fourth-order valence-electron chi connectivity index (χ4n) is 1.89. The SMILES string of the molecule is CN(Cc1ccc(Cl)s1)C(=O)NCc1cccnc1OCC(F)(F)F. The number of amides is 2. The third-order valence-electron chi connectivity index (χ3n) is 3.02. The molecule has 0 unspecified atom stereocenters. The molecule has 1 N–H and O–H groups in total. The molecule has 0 aliphatic rings. The van der Waals surface area contributed by atoms with E-state index in [4.69, 9.17) is 11.6 Å². The highest BCUT2D eigenvalue weighted by Crippen LogP contribution is 2.22. The molecule has 0 saturated carbocycles. The number of rotatable bonds is 6. The fourth-order valence-corrected chi connectivity index (χ4v) is 3.03. The van der Waals surface area contributed by atoms with Gasteiger partial charge in [0.1, 0.15) is 0 Å². The summed E-state index contributed by atoms with van der Waals surface area (Å²) in [5.74, 6) is -0.159. The Labute approximate surface area is 151 Å². The predicted octanol–water partition coefficient (Wildman–Crippen LogP) is 4.08. The van der Waals surface area contributed by atoms with E-state index in [-0.39, 0.29) is 18.5 Å². The van der Waals surface area contributed by atoms with E-state index in [1.165, 1.54) is 28.5 Å². The van der Waals surface area contributed by atoms with Gasteiger partial charge in [-0.3, -0.25) is 0 Å². The molecule has 0 aliphatic carbocycles. The van der Waals surface area contributed by atoms with E-state index in [9.17, 15) is 18.0 Å². The first kappa shape index (κ1) is 19.3. The van der Waals surface area contributed by atoms with Crippen molar-refractivity contribution in [2.75, 3.05) is 13.7 Å². The van der Waals surface area contributed by atoms with Crippen LogP contribution in [0.25, 0.3) is 0 Å². The minimum atomic E-state index is -4.46. The van der Waals surface area contributed by atoms with Gasteiger partial charge in [-0.15, -0.1) is 11.3 Å². The van der Waals surface area contributed by atoms with Crippen molar-refractivity contribution in [3.63, 3.8) is 0 Å². The molecule has 25 heavy (non-hydrogen) atoms. The topological polar surface area (TPSA) is 54.5 Å². The lowest BCUT2D eigenvalue weighted by atomic mass is 10.2. The maximum absolute atomic E-state index is 12.3. The number of carbonyl (C=O) groups is 1. The van der Waals surface area contributed by atoms with Crippen molar-refractivity contribution >= 4 is 29.0 Å². The average molecular weight is 394 g/mol. The molecule has 0 radical (unpaired) electrons. The molecule has 0 bridgehead atoms. The van der Waals surface area contributed by atoms with Gasteiger partial charge in [-0.2, -0.15) is 13.2 Å². The van der Waals surface area contributed by atoms with Crippen molar-refractivity contribution in [2.45, 2.75) is 19.3 Å². The number of hydrogen-bond donors (Lipinski definition) is 1. The molecule has 0 aliphatic heterocycles. The van der Waals surface area contributed by atoms with Gasteiger partial charge in [0.15, 0.2) is 6.61 Å². The maximum atomic E-state index is 12.3. The van der Waals surface area contributed by atoms with Gasteiger partial charge in [0.2, 0.25) is 5.88 Å². The number of halogens is 4. The molecular formula is C15H15ClF3N3O2S. The number of pyridine rings is 1. The van der Waals surface area contributed by atoms with E-state index < -0.39 is 12.8 Å². The predicted molar refractivity (Wildman–Crippen MR) is 88.8 cm³/mol. The van der Waals surface area contributed by atoms with Crippen molar-refractivity contribution in [2.24, 2.45) is 0 Å². The summed E-state index contributed by atoms with van der Waals surface area (Å²) in [5, 5.41) is 2.62. The highest BCUT2D eigenvalue weighted by molar-refractivity contribution is 7.16. The van der Waals surface area contributed by atoms with Crippen LogP contribution in [-0.2, 0) is 13.1 Å². The van der Waals surface area contributed by atoms with Crippen molar-refractivity contribution in [1.29, 1.82) is 0 Å². The van der Waals surface area contributed by atoms with Gasteiger partial charge in [-0.05, 0) is 18.2 Å². The number of hydrogen-bond acceptors (Lipinski definition) is 4. The number of ether oxygens (including phenoxy) is 1. The Morgan fingerprint density at radius 3 is 2.80 bits per heavy atom. The molecule has 0 fully saturated rings. The summed E-state index contributed by atoms with van der Waals surface area (Å²) >= 11 is 7.21. The first-order valence-corrected chi connectivity index (χ1v) is 8.30. The zero-order valence-electron chi connectivity index (χ0n) is 13.1. The van der Waals surface area contributed by atoms with E-state index in [1.807, 2.05) is 6.07 Å². The van der Waals surface area contributed by atoms with Crippen molar-refractivity contribution in [1.82, 2.24) is 15.2 Å². The van der Waals surface area contributed by atoms with E-state index >= 15 is 0 Å². The Balaban J connectivity index is 1.90. The molecule has 2 rings (SSSR count). The standard InChI is InChI=1S/C15H15ClF3N3O2S/c1-22(8-11-4-5-12(16)25-11)14(23)21-7-10-3-2-6-20-13(10)24-9-15(17,18)19/h2-6H,7-9H2,1H3,(H,21,23). The molecule has 10 heteroatoms. The number of carbonyl (C=O) groups excluding carboxylic acids is 1. The fraction of sp³-hybridized carbons (Fsp3) is 0.333.